The Morgan fingerprint density at radius 1 is 1.03 bits per heavy atom. The van der Waals surface area contributed by atoms with E-state index in [0.717, 1.165) is 32.4 Å². The summed E-state index contributed by atoms with van der Waals surface area (Å²) < 4.78 is 58.2. The van der Waals surface area contributed by atoms with Gasteiger partial charge in [-0.05, 0) is 44.2 Å². The van der Waals surface area contributed by atoms with Gasteiger partial charge in [0.1, 0.15) is 10.7 Å². The molecule has 1 aliphatic heterocycles. The van der Waals surface area contributed by atoms with Crippen LogP contribution >= 0.6 is 0 Å². The number of benzene rings is 2. The van der Waals surface area contributed by atoms with Crippen LogP contribution < -0.4 is 9.62 Å². The molecule has 1 heterocycles. The minimum Gasteiger partial charge on any atom is -0.465 e. The summed E-state index contributed by atoms with van der Waals surface area (Å²) in [5, 5.41) is 0. The molecule has 11 heteroatoms. The van der Waals surface area contributed by atoms with Gasteiger partial charge in [-0.3, -0.25) is 4.72 Å². The fraction of sp³-hybridized carbons (Fsp3) is 0.364. The molecule has 1 N–H and O–H groups in total. The maximum atomic E-state index is 14.9. The van der Waals surface area contributed by atoms with Crippen LogP contribution in [0.1, 0.15) is 34.6 Å². The number of rotatable bonds is 6. The third-order valence-corrected chi connectivity index (χ3v) is 6.48. The molecule has 9 nitrogen and oxygen atoms in total. The summed E-state index contributed by atoms with van der Waals surface area (Å²) in [5.74, 6) is -2.32. The van der Waals surface area contributed by atoms with E-state index >= 15 is 0 Å². The number of anilines is 2. The Morgan fingerprint density at radius 3 is 2.24 bits per heavy atom. The Bertz CT molecular complexity index is 1160. The standard InChI is InChI=1S/C22H25FN2O7S/c1-13-11-25(12-14(2)32-13)19-8-6-16(10-18(19)23)24-33(28,29)20-9-15(21(26)30-3)5-7-17(20)22(27)31-4/h5-10,13-14,24H,11-12H2,1-4H3. The van der Waals surface area contributed by atoms with Crippen LogP contribution in [-0.2, 0) is 24.2 Å². The molecule has 3 rings (SSSR count). The Kier molecular flexibility index (Phi) is 7.23. The van der Waals surface area contributed by atoms with Crippen molar-refractivity contribution < 1.29 is 36.6 Å². The maximum Gasteiger partial charge on any atom is 0.339 e. The van der Waals surface area contributed by atoms with Crippen LogP contribution in [0.3, 0.4) is 0 Å². The van der Waals surface area contributed by atoms with Gasteiger partial charge in [-0.1, -0.05) is 0 Å². The highest BCUT2D eigenvalue weighted by Crippen LogP contribution is 2.28. The molecule has 2 atom stereocenters. The topological polar surface area (TPSA) is 111 Å². The molecule has 0 amide bonds. The fourth-order valence-electron chi connectivity index (χ4n) is 3.68. The maximum absolute atomic E-state index is 14.9. The van der Waals surface area contributed by atoms with Gasteiger partial charge in [-0.25, -0.2) is 22.4 Å². The molecule has 0 bridgehead atoms. The lowest BCUT2D eigenvalue weighted by Gasteiger charge is -2.37. The SMILES string of the molecule is COC(=O)c1ccc(C(=O)OC)c(S(=O)(=O)Nc2ccc(N3CC(C)OC(C)C3)c(F)c2)c1. The molecule has 0 radical (unpaired) electrons. The van der Waals surface area contributed by atoms with E-state index in [0.29, 0.717) is 18.8 Å². The molecule has 1 aliphatic rings. The zero-order chi connectivity index (χ0) is 24.3. The van der Waals surface area contributed by atoms with Crippen molar-refractivity contribution in [3.8, 4) is 0 Å². The number of hydrogen-bond donors (Lipinski definition) is 1. The van der Waals surface area contributed by atoms with Gasteiger partial charge in [0.25, 0.3) is 10.0 Å². The first-order chi connectivity index (χ1) is 15.6. The largest absolute Gasteiger partial charge is 0.465 e. The summed E-state index contributed by atoms with van der Waals surface area (Å²) in [6.45, 7) is 4.78. The normalized spacial score (nSPS) is 18.5. The summed E-state index contributed by atoms with van der Waals surface area (Å²) >= 11 is 0. The summed E-state index contributed by atoms with van der Waals surface area (Å²) in [7, 11) is -2.15. The summed E-state index contributed by atoms with van der Waals surface area (Å²) in [5.41, 5.74) is -0.0959. The Morgan fingerprint density at radius 2 is 1.67 bits per heavy atom. The third-order valence-electron chi connectivity index (χ3n) is 5.06. The van der Waals surface area contributed by atoms with Crippen LogP contribution in [0.5, 0.6) is 0 Å². The van der Waals surface area contributed by atoms with Crippen molar-refractivity contribution in [3.05, 3.63) is 53.3 Å². The minimum absolute atomic E-state index is 0.0510. The van der Waals surface area contributed by atoms with Gasteiger partial charge in [0.05, 0.1) is 48.9 Å². The van der Waals surface area contributed by atoms with Gasteiger partial charge >= 0.3 is 11.9 Å². The van der Waals surface area contributed by atoms with E-state index in [1.165, 1.54) is 18.2 Å². The van der Waals surface area contributed by atoms with Crippen molar-refractivity contribution in [1.29, 1.82) is 0 Å². The van der Waals surface area contributed by atoms with Crippen LogP contribution in [0.2, 0.25) is 0 Å². The number of nitrogens with zero attached hydrogens (tertiary/aromatic N) is 1. The molecular formula is C22H25FN2O7S. The number of halogens is 1. The first-order valence-electron chi connectivity index (χ1n) is 10.1. The van der Waals surface area contributed by atoms with Gasteiger partial charge in [-0.15, -0.1) is 0 Å². The lowest BCUT2D eigenvalue weighted by Crippen LogP contribution is -2.45. The number of ether oxygens (including phenoxy) is 3. The van der Waals surface area contributed by atoms with Crippen LogP contribution in [0.25, 0.3) is 0 Å². The number of esters is 2. The van der Waals surface area contributed by atoms with Gasteiger partial charge < -0.3 is 19.1 Å². The van der Waals surface area contributed by atoms with Crippen LogP contribution in [-0.4, -0.2) is 59.9 Å². The molecule has 0 spiro atoms. The number of hydrogen-bond acceptors (Lipinski definition) is 8. The predicted molar refractivity (Wildman–Crippen MR) is 119 cm³/mol. The van der Waals surface area contributed by atoms with Crippen molar-refractivity contribution in [2.75, 3.05) is 36.9 Å². The van der Waals surface area contributed by atoms with Gasteiger partial charge in [-0.2, -0.15) is 0 Å². The molecule has 1 saturated heterocycles. The first kappa shape index (κ1) is 24.5. The molecular weight excluding hydrogens is 455 g/mol. The Hall–Kier alpha value is -3.18. The molecule has 178 valence electrons. The van der Waals surface area contributed by atoms with Crippen LogP contribution in [0, 0.1) is 5.82 Å². The van der Waals surface area contributed by atoms with E-state index in [1.54, 1.807) is 0 Å². The monoisotopic (exact) mass is 480 g/mol. The molecule has 0 aromatic heterocycles. The van der Waals surface area contributed by atoms with E-state index in [2.05, 4.69) is 14.2 Å². The number of nitrogens with one attached hydrogen (secondary N) is 1. The number of morpholine rings is 1. The third kappa shape index (κ3) is 5.42. The average Bonchev–Trinajstić information content (AvgIpc) is 2.76. The Labute approximate surface area is 191 Å². The van der Waals surface area contributed by atoms with Crippen molar-refractivity contribution in [2.45, 2.75) is 31.0 Å². The number of carbonyl (C=O) groups is 2. The molecule has 0 aliphatic carbocycles. The summed E-state index contributed by atoms with van der Waals surface area (Å²) in [4.78, 5) is 25.3. The van der Waals surface area contributed by atoms with Gasteiger partial charge in [0, 0.05) is 19.2 Å². The molecule has 2 aromatic rings. The summed E-state index contributed by atoms with van der Waals surface area (Å²) in [6.07, 6.45) is -0.157. The fourth-order valence-corrected chi connectivity index (χ4v) is 4.95. The van der Waals surface area contributed by atoms with Gasteiger partial charge in [0.2, 0.25) is 0 Å². The highest BCUT2D eigenvalue weighted by molar-refractivity contribution is 7.92. The smallest absolute Gasteiger partial charge is 0.339 e. The molecule has 1 fully saturated rings. The summed E-state index contributed by atoms with van der Waals surface area (Å²) in [6, 6.07) is 7.35. The van der Waals surface area contributed by atoms with Crippen molar-refractivity contribution in [2.24, 2.45) is 0 Å². The zero-order valence-corrected chi connectivity index (χ0v) is 19.4. The average molecular weight is 481 g/mol. The quantitative estimate of drug-likeness (QED) is 0.629. The van der Waals surface area contributed by atoms with Crippen molar-refractivity contribution in [3.63, 3.8) is 0 Å². The predicted octanol–water partition coefficient (Wildman–Crippen LogP) is 2.81. The second kappa shape index (κ2) is 9.75. The second-order valence-corrected chi connectivity index (χ2v) is 9.28. The molecule has 2 aromatic carbocycles. The molecule has 2 unspecified atom stereocenters. The highest BCUT2D eigenvalue weighted by atomic mass is 32.2. The van der Waals surface area contributed by atoms with E-state index in [4.69, 9.17) is 4.74 Å². The lowest BCUT2D eigenvalue weighted by molar-refractivity contribution is -0.00539. The lowest BCUT2D eigenvalue weighted by atomic mass is 10.1. The van der Waals surface area contributed by atoms with Crippen LogP contribution in [0.15, 0.2) is 41.3 Å². The van der Waals surface area contributed by atoms with E-state index in [1.807, 2.05) is 18.7 Å². The number of methoxy groups -OCH3 is 2. The zero-order valence-electron chi connectivity index (χ0n) is 18.6. The van der Waals surface area contributed by atoms with E-state index < -0.39 is 32.7 Å². The van der Waals surface area contributed by atoms with E-state index in [-0.39, 0.29) is 29.0 Å². The van der Waals surface area contributed by atoms with Crippen molar-refractivity contribution in [1.82, 2.24) is 0 Å². The van der Waals surface area contributed by atoms with Gasteiger partial charge in [0.15, 0.2) is 0 Å². The first-order valence-corrected chi connectivity index (χ1v) is 11.6. The number of sulfonamides is 1. The number of carbonyl (C=O) groups excluding carboxylic acids is 2. The minimum atomic E-state index is -4.39. The highest BCUT2D eigenvalue weighted by Gasteiger charge is 2.27. The van der Waals surface area contributed by atoms with Crippen LogP contribution in [0.4, 0.5) is 15.8 Å². The Balaban J connectivity index is 1.94. The van der Waals surface area contributed by atoms with E-state index in [9.17, 15) is 22.4 Å². The second-order valence-electron chi connectivity index (χ2n) is 7.63. The van der Waals surface area contributed by atoms with Crippen molar-refractivity contribution >= 4 is 33.3 Å². The molecule has 0 saturated carbocycles. The molecule has 33 heavy (non-hydrogen) atoms.